The normalized spacial score (nSPS) is 10.7. The highest BCUT2D eigenvalue weighted by molar-refractivity contribution is 6.32. The summed E-state index contributed by atoms with van der Waals surface area (Å²) in [5.41, 5.74) is 6.59. The molecule has 0 aliphatic carbocycles. The Morgan fingerprint density at radius 3 is 2.75 bits per heavy atom. The van der Waals surface area contributed by atoms with Gasteiger partial charge in [-0.1, -0.05) is 29.8 Å². The van der Waals surface area contributed by atoms with Crippen molar-refractivity contribution >= 4 is 28.2 Å². The first-order chi connectivity index (χ1) is 9.63. The molecule has 0 spiro atoms. The lowest BCUT2D eigenvalue weighted by Crippen LogP contribution is -1.93. The molecule has 0 amide bonds. The summed E-state index contributed by atoms with van der Waals surface area (Å²) in [4.78, 5) is 4.24. The molecule has 1 aromatic heterocycles. The SMILES string of the molecule is Nc1cc(F)c(Oc2cnc3ccccc3c2)c(Cl)c1. The molecular weight excluding hydrogens is 279 g/mol. The van der Waals surface area contributed by atoms with Gasteiger partial charge in [-0.25, -0.2) is 4.39 Å². The lowest BCUT2D eigenvalue weighted by molar-refractivity contribution is 0.442. The van der Waals surface area contributed by atoms with Gasteiger partial charge in [0.1, 0.15) is 5.75 Å². The fourth-order valence-electron chi connectivity index (χ4n) is 1.90. The molecule has 0 bridgehead atoms. The Morgan fingerprint density at radius 1 is 1.15 bits per heavy atom. The number of hydrogen-bond acceptors (Lipinski definition) is 3. The van der Waals surface area contributed by atoms with Crippen molar-refractivity contribution in [2.24, 2.45) is 0 Å². The highest BCUT2D eigenvalue weighted by Gasteiger charge is 2.12. The topological polar surface area (TPSA) is 48.1 Å². The number of anilines is 1. The highest BCUT2D eigenvalue weighted by atomic mass is 35.5. The number of nitrogens with zero attached hydrogens (tertiary/aromatic N) is 1. The Morgan fingerprint density at radius 2 is 1.95 bits per heavy atom. The van der Waals surface area contributed by atoms with Crippen molar-refractivity contribution in [1.82, 2.24) is 4.98 Å². The number of nitrogens with two attached hydrogens (primary N) is 1. The van der Waals surface area contributed by atoms with Crippen LogP contribution in [0.2, 0.25) is 5.02 Å². The molecule has 2 N–H and O–H groups in total. The van der Waals surface area contributed by atoms with Crippen LogP contribution >= 0.6 is 11.6 Å². The van der Waals surface area contributed by atoms with Crippen molar-refractivity contribution in [1.29, 1.82) is 0 Å². The van der Waals surface area contributed by atoms with E-state index in [2.05, 4.69) is 4.98 Å². The number of para-hydroxylation sites is 1. The van der Waals surface area contributed by atoms with Crippen LogP contribution in [-0.4, -0.2) is 4.98 Å². The molecule has 5 heteroatoms. The molecule has 0 atom stereocenters. The third kappa shape index (κ3) is 2.38. The van der Waals surface area contributed by atoms with Gasteiger partial charge in [-0.05, 0) is 18.2 Å². The van der Waals surface area contributed by atoms with E-state index in [1.807, 2.05) is 24.3 Å². The van der Waals surface area contributed by atoms with E-state index in [0.717, 1.165) is 17.0 Å². The zero-order valence-electron chi connectivity index (χ0n) is 10.3. The number of ether oxygens (including phenoxy) is 1. The number of rotatable bonds is 2. The number of nitrogen functional groups attached to an aromatic ring is 1. The van der Waals surface area contributed by atoms with Crippen LogP contribution < -0.4 is 10.5 Å². The minimum Gasteiger partial charge on any atom is -0.451 e. The van der Waals surface area contributed by atoms with E-state index in [1.165, 1.54) is 12.3 Å². The molecule has 100 valence electrons. The molecule has 3 nitrogen and oxygen atoms in total. The molecule has 2 aromatic carbocycles. The van der Waals surface area contributed by atoms with Crippen LogP contribution in [-0.2, 0) is 0 Å². The summed E-state index contributed by atoms with van der Waals surface area (Å²) < 4.78 is 19.3. The Hall–Kier alpha value is -2.33. The van der Waals surface area contributed by atoms with Crippen molar-refractivity contribution in [2.75, 3.05) is 5.73 Å². The Labute approximate surface area is 119 Å². The van der Waals surface area contributed by atoms with Gasteiger partial charge < -0.3 is 10.5 Å². The van der Waals surface area contributed by atoms with Crippen LogP contribution in [0.3, 0.4) is 0 Å². The van der Waals surface area contributed by atoms with Crippen LogP contribution in [0.5, 0.6) is 11.5 Å². The molecule has 0 saturated carbocycles. The average Bonchev–Trinajstić information content (AvgIpc) is 2.42. The summed E-state index contributed by atoms with van der Waals surface area (Å²) in [6.07, 6.45) is 1.52. The number of halogens is 2. The van der Waals surface area contributed by atoms with E-state index in [-0.39, 0.29) is 16.5 Å². The summed E-state index contributed by atoms with van der Waals surface area (Å²) in [7, 11) is 0. The number of benzene rings is 2. The van der Waals surface area contributed by atoms with Crippen LogP contribution in [0.1, 0.15) is 0 Å². The van der Waals surface area contributed by atoms with Crippen molar-refractivity contribution in [3.05, 3.63) is 59.5 Å². The molecule has 0 saturated heterocycles. The molecule has 0 radical (unpaired) electrons. The van der Waals surface area contributed by atoms with E-state index in [1.54, 1.807) is 6.07 Å². The predicted molar refractivity (Wildman–Crippen MR) is 77.6 cm³/mol. The van der Waals surface area contributed by atoms with Gasteiger partial charge in [0.25, 0.3) is 0 Å². The molecule has 1 heterocycles. The lowest BCUT2D eigenvalue weighted by Gasteiger charge is -2.09. The summed E-state index contributed by atoms with van der Waals surface area (Å²) in [5.74, 6) is -0.254. The minimum atomic E-state index is -0.608. The second kappa shape index (κ2) is 4.98. The molecule has 0 fully saturated rings. The number of aromatic nitrogens is 1. The van der Waals surface area contributed by atoms with Gasteiger partial charge in [0.15, 0.2) is 11.6 Å². The standard InChI is InChI=1S/C15H10ClFN2O/c16-12-6-10(18)7-13(17)15(12)20-11-5-9-3-1-2-4-14(9)19-8-11/h1-8H,18H2. The number of fused-ring (bicyclic) bond motifs is 1. The largest absolute Gasteiger partial charge is 0.451 e. The molecule has 3 rings (SSSR count). The summed E-state index contributed by atoms with van der Waals surface area (Å²) in [6, 6.07) is 11.9. The summed E-state index contributed by atoms with van der Waals surface area (Å²) in [6.45, 7) is 0. The maximum absolute atomic E-state index is 13.8. The van der Waals surface area contributed by atoms with Crippen LogP contribution in [0, 0.1) is 5.82 Å². The Balaban J connectivity index is 2.01. The summed E-state index contributed by atoms with van der Waals surface area (Å²) >= 11 is 5.94. The van der Waals surface area contributed by atoms with E-state index in [9.17, 15) is 4.39 Å². The van der Waals surface area contributed by atoms with E-state index < -0.39 is 5.82 Å². The van der Waals surface area contributed by atoms with Crippen molar-refractivity contribution in [3.63, 3.8) is 0 Å². The lowest BCUT2D eigenvalue weighted by atomic mass is 10.2. The first-order valence-corrected chi connectivity index (χ1v) is 6.28. The quantitative estimate of drug-likeness (QED) is 0.711. The average molecular weight is 289 g/mol. The van der Waals surface area contributed by atoms with Gasteiger partial charge in [0.2, 0.25) is 0 Å². The zero-order valence-corrected chi connectivity index (χ0v) is 11.1. The first kappa shape index (κ1) is 12.7. The molecule has 20 heavy (non-hydrogen) atoms. The van der Waals surface area contributed by atoms with Crippen LogP contribution in [0.4, 0.5) is 10.1 Å². The van der Waals surface area contributed by atoms with Crippen molar-refractivity contribution in [3.8, 4) is 11.5 Å². The third-order valence-corrected chi connectivity index (χ3v) is 3.09. The maximum Gasteiger partial charge on any atom is 0.181 e. The van der Waals surface area contributed by atoms with E-state index in [0.29, 0.717) is 5.75 Å². The van der Waals surface area contributed by atoms with Gasteiger partial charge in [0.05, 0.1) is 16.7 Å². The van der Waals surface area contributed by atoms with E-state index in [4.69, 9.17) is 22.1 Å². The third-order valence-electron chi connectivity index (χ3n) is 2.81. The zero-order chi connectivity index (χ0) is 14.1. The highest BCUT2D eigenvalue weighted by Crippen LogP contribution is 2.34. The second-order valence-corrected chi connectivity index (χ2v) is 4.69. The van der Waals surface area contributed by atoms with Crippen molar-refractivity contribution < 1.29 is 9.13 Å². The van der Waals surface area contributed by atoms with Gasteiger partial charge in [-0.15, -0.1) is 0 Å². The van der Waals surface area contributed by atoms with Gasteiger partial charge >= 0.3 is 0 Å². The van der Waals surface area contributed by atoms with Crippen LogP contribution in [0.25, 0.3) is 10.9 Å². The number of hydrogen-bond donors (Lipinski definition) is 1. The van der Waals surface area contributed by atoms with Gasteiger partial charge in [0, 0.05) is 17.1 Å². The van der Waals surface area contributed by atoms with Crippen LogP contribution in [0.15, 0.2) is 48.7 Å². The molecule has 0 aliphatic rings. The Kier molecular flexibility index (Phi) is 3.16. The summed E-state index contributed by atoms with van der Waals surface area (Å²) in [5, 5.41) is 1.02. The second-order valence-electron chi connectivity index (χ2n) is 4.28. The van der Waals surface area contributed by atoms with Crippen molar-refractivity contribution in [2.45, 2.75) is 0 Å². The fourth-order valence-corrected chi connectivity index (χ4v) is 2.16. The molecular formula is C15H10ClFN2O. The molecule has 0 aliphatic heterocycles. The first-order valence-electron chi connectivity index (χ1n) is 5.90. The minimum absolute atomic E-state index is 0.0575. The monoisotopic (exact) mass is 288 g/mol. The smallest absolute Gasteiger partial charge is 0.181 e. The fraction of sp³-hybridized carbons (Fsp3) is 0. The molecule has 0 unspecified atom stereocenters. The van der Waals surface area contributed by atoms with E-state index >= 15 is 0 Å². The van der Waals surface area contributed by atoms with Gasteiger partial charge in [-0.3, -0.25) is 4.98 Å². The number of pyridine rings is 1. The predicted octanol–water partition coefficient (Wildman–Crippen LogP) is 4.40. The molecule has 3 aromatic rings. The Bertz CT molecular complexity index is 769. The maximum atomic E-state index is 13.8. The van der Waals surface area contributed by atoms with Gasteiger partial charge in [-0.2, -0.15) is 0 Å².